The van der Waals surface area contributed by atoms with Gasteiger partial charge in [-0.25, -0.2) is 4.79 Å². The van der Waals surface area contributed by atoms with Crippen molar-refractivity contribution in [1.82, 2.24) is 0 Å². The third-order valence-electron chi connectivity index (χ3n) is 2.82. The van der Waals surface area contributed by atoms with E-state index in [1.54, 1.807) is 48.5 Å². The van der Waals surface area contributed by atoms with Crippen LogP contribution in [0.25, 0.3) is 0 Å². The Balaban J connectivity index is 1.88. The fourth-order valence-electron chi connectivity index (χ4n) is 1.67. The second-order valence-electron chi connectivity index (χ2n) is 4.56. The van der Waals surface area contributed by atoms with Crippen molar-refractivity contribution in [2.75, 3.05) is 6.61 Å². The smallest absolute Gasteiger partial charge is 0.494 e. The molecule has 0 heterocycles. The standard InChI is InChI=1S/C17H17ClO4/c1-2-3-12-20-13-8-10-14(11-9-13)21-17(19)22-16-7-5-4-6-15(16)18/h4-11H,2-3,12H2,1H3. The van der Waals surface area contributed by atoms with E-state index < -0.39 is 6.16 Å². The SMILES string of the molecule is CCCCOc1ccc(OC(=O)Oc2ccccc2Cl)cc1. The van der Waals surface area contributed by atoms with Gasteiger partial charge in [0, 0.05) is 0 Å². The van der Waals surface area contributed by atoms with Crippen molar-refractivity contribution < 1.29 is 19.0 Å². The second-order valence-corrected chi connectivity index (χ2v) is 4.97. The lowest BCUT2D eigenvalue weighted by atomic mass is 10.3. The second kappa shape index (κ2) is 8.29. The number of unbranched alkanes of at least 4 members (excludes halogenated alkanes) is 1. The molecule has 2 aromatic carbocycles. The van der Waals surface area contributed by atoms with E-state index in [0.29, 0.717) is 17.4 Å². The Morgan fingerprint density at radius 2 is 1.68 bits per heavy atom. The summed E-state index contributed by atoms with van der Waals surface area (Å²) in [7, 11) is 0. The van der Waals surface area contributed by atoms with E-state index in [1.165, 1.54) is 0 Å². The fraction of sp³-hybridized carbons (Fsp3) is 0.235. The molecular formula is C17H17ClO4. The average molecular weight is 321 g/mol. The predicted molar refractivity (Wildman–Crippen MR) is 84.9 cm³/mol. The lowest BCUT2D eigenvalue weighted by Gasteiger charge is -2.08. The molecule has 0 N–H and O–H groups in total. The Morgan fingerprint density at radius 3 is 2.36 bits per heavy atom. The number of hydrogen-bond donors (Lipinski definition) is 0. The van der Waals surface area contributed by atoms with Crippen LogP contribution < -0.4 is 14.2 Å². The van der Waals surface area contributed by atoms with Gasteiger partial charge in [0.05, 0.1) is 11.6 Å². The highest BCUT2D eigenvalue weighted by Gasteiger charge is 2.10. The van der Waals surface area contributed by atoms with E-state index in [4.69, 9.17) is 25.8 Å². The Kier molecular flexibility index (Phi) is 6.10. The molecule has 0 aliphatic carbocycles. The first-order valence-electron chi connectivity index (χ1n) is 7.06. The van der Waals surface area contributed by atoms with Crippen LogP contribution in [-0.2, 0) is 0 Å². The number of para-hydroxylation sites is 1. The van der Waals surface area contributed by atoms with E-state index in [1.807, 2.05) is 0 Å². The third-order valence-corrected chi connectivity index (χ3v) is 3.13. The zero-order chi connectivity index (χ0) is 15.8. The largest absolute Gasteiger partial charge is 0.519 e. The number of rotatable bonds is 6. The molecule has 0 spiro atoms. The summed E-state index contributed by atoms with van der Waals surface area (Å²) in [5.41, 5.74) is 0. The van der Waals surface area contributed by atoms with Crippen LogP contribution in [0.2, 0.25) is 5.02 Å². The minimum atomic E-state index is -0.840. The first kappa shape index (κ1) is 16.2. The minimum Gasteiger partial charge on any atom is -0.494 e. The summed E-state index contributed by atoms with van der Waals surface area (Å²) >= 11 is 5.90. The normalized spacial score (nSPS) is 10.1. The lowest BCUT2D eigenvalue weighted by Crippen LogP contribution is -2.13. The molecule has 5 heteroatoms. The van der Waals surface area contributed by atoms with E-state index in [9.17, 15) is 4.79 Å². The number of carbonyl (C=O) groups excluding carboxylic acids is 1. The maximum absolute atomic E-state index is 11.7. The van der Waals surface area contributed by atoms with Crippen LogP contribution in [0.4, 0.5) is 4.79 Å². The molecule has 2 aromatic rings. The molecule has 0 unspecified atom stereocenters. The molecule has 116 valence electrons. The van der Waals surface area contributed by atoms with Gasteiger partial charge in [0.25, 0.3) is 0 Å². The molecule has 4 nitrogen and oxygen atoms in total. The molecule has 0 saturated heterocycles. The monoisotopic (exact) mass is 320 g/mol. The zero-order valence-corrected chi connectivity index (χ0v) is 13.0. The van der Waals surface area contributed by atoms with Crippen molar-refractivity contribution >= 4 is 17.8 Å². The highest BCUT2D eigenvalue weighted by molar-refractivity contribution is 6.32. The molecule has 0 aliphatic heterocycles. The summed E-state index contributed by atoms with van der Waals surface area (Å²) in [6.07, 6.45) is 1.24. The first-order valence-corrected chi connectivity index (χ1v) is 7.44. The molecule has 0 radical (unpaired) electrons. The summed E-state index contributed by atoms with van der Waals surface area (Å²) in [5.74, 6) is 1.37. The van der Waals surface area contributed by atoms with Crippen molar-refractivity contribution in [3.05, 3.63) is 53.6 Å². The van der Waals surface area contributed by atoms with Gasteiger partial charge in [0.15, 0.2) is 5.75 Å². The quantitative estimate of drug-likeness (QED) is 0.422. The Morgan fingerprint density at radius 1 is 1.00 bits per heavy atom. The number of hydrogen-bond acceptors (Lipinski definition) is 4. The summed E-state index contributed by atoms with van der Waals surface area (Å²) in [6, 6.07) is 13.5. The zero-order valence-electron chi connectivity index (χ0n) is 12.3. The van der Waals surface area contributed by atoms with E-state index >= 15 is 0 Å². The highest BCUT2D eigenvalue weighted by atomic mass is 35.5. The molecule has 0 aliphatic rings. The van der Waals surface area contributed by atoms with Gasteiger partial charge in [-0.2, -0.15) is 0 Å². The van der Waals surface area contributed by atoms with Crippen LogP contribution in [-0.4, -0.2) is 12.8 Å². The van der Waals surface area contributed by atoms with Crippen LogP contribution >= 0.6 is 11.6 Å². The van der Waals surface area contributed by atoms with Crippen molar-refractivity contribution in [3.8, 4) is 17.2 Å². The lowest BCUT2D eigenvalue weighted by molar-refractivity contribution is 0.152. The van der Waals surface area contributed by atoms with Gasteiger partial charge in [0.2, 0.25) is 0 Å². The molecule has 0 aromatic heterocycles. The van der Waals surface area contributed by atoms with Crippen molar-refractivity contribution in [2.45, 2.75) is 19.8 Å². The van der Waals surface area contributed by atoms with Crippen LogP contribution in [0.5, 0.6) is 17.2 Å². The van der Waals surface area contributed by atoms with E-state index in [2.05, 4.69) is 6.92 Å². The Labute approximate surface area is 134 Å². The average Bonchev–Trinajstić information content (AvgIpc) is 2.51. The number of halogens is 1. The number of carbonyl (C=O) groups is 1. The predicted octanol–water partition coefficient (Wildman–Crippen LogP) is 5.10. The molecule has 0 atom stereocenters. The Hall–Kier alpha value is -2.20. The Bertz CT molecular complexity index is 610. The highest BCUT2D eigenvalue weighted by Crippen LogP contribution is 2.24. The van der Waals surface area contributed by atoms with Crippen molar-refractivity contribution in [1.29, 1.82) is 0 Å². The van der Waals surface area contributed by atoms with E-state index in [0.717, 1.165) is 18.6 Å². The summed E-state index contributed by atoms with van der Waals surface area (Å²) < 4.78 is 15.6. The van der Waals surface area contributed by atoms with Crippen molar-refractivity contribution in [3.63, 3.8) is 0 Å². The summed E-state index contributed by atoms with van der Waals surface area (Å²) in [4.78, 5) is 11.7. The van der Waals surface area contributed by atoms with Gasteiger partial charge in [-0.3, -0.25) is 0 Å². The topological polar surface area (TPSA) is 44.8 Å². The molecule has 0 amide bonds. The number of benzene rings is 2. The van der Waals surface area contributed by atoms with Gasteiger partial charge in [0.1, 0.15) is 11.5 Å². The molecule has 0 fully saturated rings. The van der Waals surface area contributed by atoms with Crippen LogP contribution in [0.1, 0.15) is 19.8 Å². The van der Waals surface area contributed by atoms with Gasteiger partial charge < -0.3 is 14.2 Å². The van der Waals surface area contributed by atoms with E-state index in [-0.39, 0.29) is 5.75 Å². The van der Waals surface area contributed by atoms with Crippen LogP contribution in [0, 0.1) is 0 Å². The van der Waals surface area contributed by atoms with Crippen LogP contribution in [0.15, 0.2) is 48.5 Å². The van der Waals surface area contributed by atoms with Gasteiger partial charge in [-0.15, -0.1) is 0 Å². The minimum absolute atomic E-state index is 0.258. The third kappa shape index (κ3) is 4.97. The number of ether oxygens (including phenoxy) is 3. The van der Waals surface area contributed by atoms with Crippen molar-refractivity contribution in [2.24, 2.45) is 0 Å². The molecule has 0 saturated carbocycles. The van der Waals surface area contributed by atoms with Gasteiger partial charge in [-0.05, 0) is 42.8 Å². The van der Waals surface area contributed by atoms with Gasteiger partial charge in [-0.1, -0.05) is 37.1 Å². The first-order chi connectivity index (χ1) is 10.7. The maximum Gasteiger partial charge on any atom is 0.519 e. The summed E-state index contributed by atoms with van der Waals surface area (Å²) in [5, 5.41) is 0.346. The molecule has 0 bridgehead atoms. The molecule has 22 heavy (non-hydrogen) atoms. The fourth-order valence-corrected chi connectivity index (χ4v) is 1.85. The molecule has 2 rings (SSSR count). The maximum atomic E-state index is 11.7. The molecular weight excluding hydrogens is 304 g/mol. The van der Waals surface area contributed by atoms with Gasteiger partial charge >= 0.3 is 6.16 Å². The summed E-state index contributed by atoms with van der Waals surface area (Å²) in [6.45, 7) is 2.77. The van der Waals surface area contributed by atoms with Crippen LogP contribution in [0.3, 0.4) is 0 Å².